The number of rotatable bonds is 4. The van der Waals surface area contributed by atoms with E-state index < -0.39 is 0 Å². The lowest BCUT2D eigenvalue weighted by atomic mass is 9.84. The van der Waals surface area contributed by atoms with E-state index in [-0.39, 0.29) is 0 Å². The van der Waals surface area contributed by atoms with Crippen molar-refractivity contribution >= 4 is 0 Å². The summed E-state index contributed by atoms with van der Waals surface area (Å²) in [5.74, 6) is 1.99. The first-order chi connectivity index (χ1) is 12.4. The Kier molecular flexibility index (Phi) is 3.91. The fraction of sp³-hybridized carbons (Fsp3) is 0.542. The smallest absolute Gasteiger partial charge is 0.0346 e. The van der Waals surface area contributed by atoms with E-state index in [0.29, 0.717) is 5.41 Å². The van der Waals surface area contributed by atoms with Crippen LogP contribution in [0.15, 0.2) is 42.7 Å². The number of aryl methyl sites for hydroxylation is 1. The van der Waals surface area contributed by atoms with Gasteiger partial charge in [0.25, 0.3) is 0 Å². The molecule has 0 radical (unpaired) electrons. The molecule has 2 aromatic rings. The van der Waals surface area contributed by atoms with E-state index in [1.54, 1.807) is 11.1 Å². The molecule has 1 aromatic carbocycles. The number of nitrogens with zero attached hydrogens (tertiary/aromatic N) is 1. The van der Waals surface area contributed by atoms with Crippen LogP contribution in [0.5, 0.6) is 0 Å². The minimum absolute atomic E-state index is 0.544. The van der Waals surface area contributed by atoms with E-state index in [4.69, 9.17) is 0 Å². The van der Waals surface area contributed by atoms with Gasteiger partial charge in [-0.15, -0.1) is 0 Å². The largest absolute Gasteiger partial charge is 0.264 e. The van der Waals surface area contributed by atoms with Crippen LogP contribution in [0, 0.1) is 11.8 Å². The highest BCUT2D eigenvalue weighted by Crippen LogP contribution is 2.63. The zero-order valence-corrected chi connectivity index (χ0v) is 15.2. The van der Waals surface area contributed by atoms with Crippen molar-refractivity contribution in [3.63, 3.8) is 0 Å². The molecule has 0 N–H and O–H groups in total. The molecule has 1 nitrogen and oxygen atoms in total. The second kappa shape index (κ2) is 6.27. The third kappa shape index (κ3) is 2.82. The van der Waals surface area contributed by atoms with Gasteiger partial charge in [-0.3, -0.25) is 4.98 Å². The van der Waals surface area contributed by atoms with Crippen LogP contribution >= 0.6 is 0 Å². The van der Waals surface area contributed by atoms with E-state index in [1.807, 2.05) is 18.5 Å². The molecule has 3 aliphatic carbocycles. The number of benzene rings is 1. The average molecular weight is 332 g/mol. The van der Waals surface area contributed by atoms with Crippen molar-refractivity contribution in [3.05, 3.63) is 53.9 Å². The lowest BCUT2D eigenvalue weighted by molar-refractivity contribution is 0.322. The van der Waals surface area contributed by atoms with Gasteiger partial charge in [0.15, 0.2) is 0 Å². The van der Waals surface area contributed by atoms with E-state index in [0.717, 1.165) is 11.8 Å². The lowest BCUT2D eigenvalue weighted by Gasteiger charge is -2.22. The van der Waals surface area contributed by atoms with Crippen LogP contribution in [-0.2, 0) is 11.8 Å². The number of fused-ring (bicyclic) bond motifs is 2. The Hall–Kier alpha value is -1.63. The van der Waals surface area contributed by atoms with Crippen molar-refractivity contribution in [2.75, 3.05) is 0 Å². The molecule has 0 saturated heterocycles. The van der Waals surface area contributed by atoms with E-state index in [2.05, 4.69) is 29.2 Å². The topological polar surface area (TPSA) is 12.9 Å². The Balaban J connectivity index is 1.33. The second-order valence-corrected chi connectivity index (χ2v) is 8.75. The van der Waals surface area contributed by atoms with Crippen molar-refractivity contribution in [2.45, 2.75) is 69.6 Å². The first-order valence-electron chi connectivity index (χ1n) is 10.4. The molecule has 1 spiro atoms. The van der Waals surface area contributed by atoms with E-state index in [9.17, 15) is 0 Å². The quantitative estimate of drug-likeness (QED) is 0.639. The highest BCUT2D eigenvalue weighted by atomic mass is 14.6. The standard InChI is InChI=1S/C24H29N/c1-2-5-18(6-3-1)8-11-22-16-24(22)13-12-19-9-10-20(15-23(19)24)21-7-4-14-25-17-21/h4,7,9-10,14-15,17-18,22H,1-3,5-6,8,11-13,16H2. The summed E-state index contributed by atoms with van der Waals surface area (Å²) in [6.45, 7) is 0. The van der Waals surface area contributed by atoms with Crippen LogP contribution in [0.2, 0.25) is 0 Å². The maximum atomic E-state index is 4.30. The molecular weight excluding hydrogens is 302 g/mol. The molecule has 2 fully saturated rings. The summed E-state index contributed by atoms with van der Waals surface area (Å²) in [7, 11) is 0. The van der Waals surface area contributed by atoms with Gasteiger partial charge in [-0.25, -0.2) is 0 Å². The number of hydrogen-bond donors (Lipinski definition) is 0. The molecule has 1 heterocycles. The summed E-state index contributed by atoms with van der Waals surface area (Å²) in [5.41, 5.74) is 6.45. The first kappa shape index (κ1) is 15.6. The molecule has 3 aliphatic rings. The Morgan fingerprint density at radius 2 is 1.92 bits per heavy atom. The monoisotopic (exact) mass is 331 g/mol. The summed E-state index contributed by atoms with van der Waals surface area (Å²) in [4.78, 5) is 4.30. The van der Waals surface area contributed by atoms with E-state index in [1.165, 1.54) is 75.3 Å². The van der Waals surface area contributed by atoms with Crippen molar-refractivity contribution < 1.29 is 0 Å². The van der Waals surface area contributed by atoms with Gasteiger partial charge in [0.1, 0.15) is 0 Å². The molecule has 2 atom stereocenters. The van der Waals surface area contributed by atoms with Crippen LogP contribution in [0.1, 0.15) is 68.9 Å². The Bertz CT molecular complexity index is 744. The normalized spacial score (nSPS) is 28.2. The van der Waals surface area contributed by atoms with Crippen LogP contribution in [0.4, 0.5) is 0 Å². The molecule has 25 heavy (non-hydrogen) atoms. The lowest BCUT2D eigenvalue weighted by Crippen LogP contribution is -2.09. The molecule has 5 rings (SSSR count). The fourth-order valence-electron chi connectivity index (χ4n) is 5.77. The third-order valence-corrected chi connectivity index (χ3v) is 7.36. The molecule has 0 aliphatic heterocycles. The Labute approximate surface area is 151 Å². The summed E-state index contributed by atoms with van der Waals surface area (Å²) in [5, 5.41) is 0. The molecule has 1 heteroatoms. The van der Waals surface area contributed by atoms with Crippen molar-refractivity contribution in [3.8, 4) is 11.1 Å². The highest BCUT2D eigenvalue weighted by molar-refractivity contribution is 5.66. The molecule has 130 valence electrons. The average Bonchev–Trinajstić information content (AvgIpc) is 3.28. The van der Waals surface area contributed by atoms with Gasteiger partial charge < -0.3 is 0 Å². The molecule has 0 bridgehead atoms. The third-order valence-electron chi connectivity index (χ3n) is 7.36. The summed E-state index contributed by atoms with van der Waals surface area (Å²) >= 11 is 0. The molecule has 2 unspecified atom stereocenters. The van der Waals surface area contributed by atoms with Gasteiger partial charge in [0.05, 0.1) is 0 Å². The predicted octanol–water partition coefficient (Wildman–Crippen LogP) is 6.31. The fourth-order valence-corrected chi connectivity index (χ4v) is 5.77. The molecular formula is C24H29N. The van der Waals surface area contributed by atoms with Crippen LogP contribution < -0.4 is 0 Å². The summed E-state index contributed by atoms with van der Waals surface area (Å²) < 4.78 is 0. The Morgan fingerprint density at radius 3 is 2.76 bits per heavy atom. The Morgan fingerprint density at radius 1 is 1.00 bits per heavy atom. The molecule has 2 saturated carbocycles. The van der Waals surface area contributed by atoms with Gasteiger partial charge in [0, 0.05) is 12.4 Å². The van der Waals surface area contributed by atoms with Gasteiger partial charge in [-0.2, -0.15) is 0 Å². The van der Waals surface area contributed by atoms with Gasteiger partial charge in [-0.05, 0) is 71.3 Å². The predicted molar refractivity (Wildman–Crippen MR) is 104 cm³/mol. The van der Waals surface area contributed by atoms with E-state index >= 15 is 0 Å². The second-order valence-electron chi connectivity index (χ2n) is 8.75. The summed E-state index contributed by atoms with van der Waals surface area (Å²) in [6, 6.07) is 11.4. The van der Waals surface area contributed by atoms with Crippen molar-refractivity contribution in [1.82, 2.24) is 4.98 Å². The highest BCUT2D eigenvalue weighted by Gasteiger charge is 2.57. The first-order valence-corrected chi connectivity index (χ1v) is 10.4. The molecule has 0 amide bonds. The molecule has 1 aromatic heterocycles. The van der Waals surface area contributed by atoms with Crippen molar-refractivity contribution in [1.29, 1.82) is 0 Å². The maximum Gasteiger partial charge on any atom is 0.0346 e. The number of aromatic nitrogens is 1. The maximum absolute atomic E-state index is 4.30. The zero-order valence-electron chi connectivity index (χ0n) is 15.2. The van der Waals surface area contributed by atoms with Crippen LogP contribution in [-0.4, -0.2) is 4.98 Å². The van der Waals surface area contributed by atoms with Crippen LogP contribution in [0.3, 0.4) is 0 Å². The summed E-state index contributed by atoms with van der Waals surface area (Å²) in [6.07, 6.45) is 18.4. The SMILES string of the molecule is c1cncc(-c2ccc3c(c2)C2(CC3)CC2CCC2CCCCC2)c1. The minimum atomic E-state index is 0.544. The zero-order chi connectivity index (χ0) is 16.7. The number of hydrogen-bond acceptors (Lipinski definition) is 1. The minimum Gasteiger partial charge on any atom is -0.264 e. The van der Waals surface area contributed by atoms with Crippen LogP contribution in [0.25, 0.3) is 11.1 Å². The van der Waals surface area contributed by atoms with Crippen molar-refractivity contribution in [2.24, 2.45) is 11.8 Å². The van der Waals surface area contributed by atoms with Gasteiger partial charge in [0.2, 0.25) is 0 Å². The number of pyridine rings is 1. The van der Waals surface area contributed by atoms with Gasteiger partial charge >= 0.3 is 0 Å². The van der Waals surface area contributed by atoms with Gasteiger partial charge in [-0.1, -0.05) is 62.8 Å².